The minimum atomic E-state index is -0.578. The van der Waals surface area contributed by atoms with E-state index in [1.165, 1.54) is 11.1 Å². The van der Waals surface area contributed by atoms with Gasteiger partial charge in [0.15, 0.2) is 0 Å². The van der Waals surface area contributed by atoms with Crippen molar-refractivity contribution in [2.45, 2.75) is 40.0 Å². The zero-order valence-corrected chi connectivity index (χ0v) is 12.4. The summed E-state index contributed by atoms with van der Waals surface area (Å²) in [6, 6.07) is 4.17. The van der Waals surface area contributed by atoms with Crippen LogP contribution in [-0.4, -0.2) is 41.0 Å². The minimum Gasteiger partial charge on any atom is -0.389 e. The summed E-state index contributed by atoms with van der Waals surface area (Å²) in [5, 5.41) is 21.5. The normalized spacial score (nSPS) is 13.0. The fourth-order valence-electron chi connectivity index (χ4n) is 2.36. The van der Waals surface area contributed by atoms with E-state index in [1.807, 2.05) is 11.5 Å². The Kier molecular flexibility index (Phi) is 3.42. The van der Waals surface area contributed by atoms with Crippen molar-refractivity contribution in [3.63, 3.8) is 0 Å². The molecule has 110 valence electrons. The number of imidazole rings is 1. The number of aryl methyl sites for hydroxylation is 3. The molecule has 0 amide bonds. The third kappa shape index (κ3) is 2.64. The van der Waals surface area contributed by atoms with E-state index in [9.17, 15) is 5.11 Å². The number of nitrogens with zero attached hydrogens (tertiary/aromatic N) is 6. The number of aliphatic hydroxyl groups is 1. The quantitative estimate of drug-likeness (QED) is 0.774. The van der Waals surface area contributed by atoms with Gasteiger partial charge in [-0.2, -0.15) is 0 Å². The standard InChI is InChI=1S/C14H18N6O/c1-9-4-13-14(5-10(9)2)19(8-15-13)6-12(21)7-20-11(3)16-17-18-20/h4-5,8,12,21H,6-7H2,1-3H3/t12-/m0/s1. The lowest BCUT2D eigenvalue weighted by Crippen LogP contribution is -2.23. The van der Waals surface area contributed by atoms with Crippen LogP contribution in [0.25, 0.3) is 11.0 Å². The average Bonchev–Trinajstić information content (AvgIpc) is 2.99. The molecular formula is C14H18N6O. The van der Waals surface area contributed by atoms with E-state index in [1.54, 1.807) is 11.0 Å². The van der Waals surface area contributed by atoms with Gasteiger partial charge in [-0.3, -0.25) is 0 Å². The number of tetrazole rings is 1. The lowest BCUT2D eigenvalue weighted by molar-refractivity contribution is 0.129. The molecule has 3 aromatic rings. The van der Waals surface area contributed by atoms with Gasteiger partial charge in [0.05, 0.1) is 36.6 Å². The maximum Gasteiger partial charge on any atom is 0.148 e. The summed E-state index contributed by atoms with van der Waals surface area (Å²) >= 11 is 0. The van der Waals surface area contributed by atoms with E-state index in [0.717, 1.165) is 11.0 Å². The molecule has 0 bridgehead atoms. The van der Waals surface area contributed by atoms with E-state index < -0.39 is 6.10 Å². The maximum atomic E-state index is 10.2. The van der Waals surface area contributed by atoms with Crippen LogP contribution in [0, 0.1) is 20.8 Å². The second kappa shape index (κ2) is 5.25. The highest BCUT2D eigenvalue weighted by atomic mass is 16.3. The van der Waals surface area contributed by atoms with Crippen LogP contribution in [0.1, 0.15) is 17.0 Å². The Bertz CT molecular complexity index is 775. The number of aliphatic hydroxyl groups excluding tert-OH is 1. The van der Waals surface area contributed by atoms with Crippen LogP contribution >= 0.6 is 0 Å². The highest BCUT2D eigenvalue weighted by Gasteiger charge is 2.12. The monoisotopic (exact) mass is 286 g/mol. The van der Waals surface area contributed by atoms with E-state index in [-0.39, 0.29) is 0 Å². The SMILES string of the molecule is Cc1cc2ncn(C[C@H](O)Cn3nnnc3C)c2cc1C. The van der Waals surface area contributed by atoms with Gasteiger partial charge < -0.3 is 9.67 Å². The Morgan fingerprint density at radius 1 is 1.14 bits per heavy atom. The van der Waals surface area contributed by atoms with Gasteiger partial charge in [0.2, 0.25) is 0 Å². The number of aromatic nitrogens is 6. The van der Waals surface area contributed by atoms with Gasteiger partial charge in [0.25, 0.3) is 0 Å². The van der Waals surface area contributed by atoms with Gasteiger partial charge in [-0.25, -0.2) is 9.67 Å². The van der Waals surface area contributed by atoms with Crippen LogP contribution in [0.15, 0.2) is 18.5 Å². The Morgan fingerprint density at radius 3 is 2.62 bits per heavy atom. The molecular weight excluding hydrogens is 268 g/mol. The van der Waals surface area contributed by atoms with Gasteiger partial charge in [-0.05, 0) is 54.5 Å². The molecule has 0 unspecified atom stereocenters. The molecule has 0 fully saturated rings. The van der Waals surface area contributed by atoms with Crippen molar-refractivity contribution in [3.8, 4) is 0 Å². The zero-order chi connectivity index (χ0) is 15.0. The molecule has 0 aliphatic rings. The summed E-state index contributed by atoms with van der Waals surface area (Å²) in [6.07, 6.45) is 1.19. The lowest BCUT2D eigenvalue weighted by atomic mass is 10.1. The molecule has 0 aliphatic heterocycles. The molecule has 0 saturated heterocycles. The number of benzene rings is 1. The summed E-state index contributed by atoms with van der Waals surface area (Å²) in [5.74, 6) is 0.691. The molecule has 0 radical (unpaired) electrons. The Morgan fingerprint density at radius 2 is 1.90 bits per heavy atom. The van der Waals surface area contributed by atoms with Crippen molar-refractivity contribution in [3.05, 3.63) is 35.4 Å². The first-order chi connectivity index (χ1) is 10.0. The topological polar surface area (TPSA) is 81.6 Å². The second-order valence-electron chi connectivity index (χ2n) is 5.38. The van der Waals surface area contributed by atoms with Gasteiger partial charge in [0, 0.05) is 0 Å². The van der Waals surface area contributed by atoms with Crippen LogP contribution in [0.4, 0.5) is 0 Å². The lowest BCUT2D eigenvalue weighted by Gasteiger charge is -2.12. The molecule has 0 aliphatic carbocycles. The number of fused-ring (bicyclic) bond motifs is 1. The molecule has 0 saturated carbocycles. The molecule has 7 nitrogen and oxygen atoms in total. The highest BCUT2D eigenvalue weighted by molar-refractivity contribution is 5.77. The van der Waals surface area contributed by atoms with Gasteiger partial charge >= 0.3 is 0 Å². The second-order valence-corrected chi connectivity index (χ2v) is 5.38. The molecule has 3 rings (SSSR count). The molecule has 0 spiro atoms. The summed E-state index contributed by atoms with van der Waals surface area (Å²) in [7, 11) is 0. The number of hydrogen-bond donors (Lipinski definition) is 1. The van der Waals surface area contributed by atoms with Crippen molar-refractivity contribution >= 4 is 11.0 Å². The highest BCUT2D eigenvalue weighted by Crippen LogP contribution is 2.18. The van der Waals surface area contributed by atoms with Crippen LogP contribution in [0.2, 0.25) is 0 Å². The van der Waals surface area contributed by atoms with Crippen molar-refractivity contribution in [2.75, 3.05) is 0 Å². The van der Waals surface area contributed by atoms with Crippen molar-refractivity contribution in [1.82, 2.24) is 29.8 Å². The smallest absolute Gasteiger partial charge is 0.148 e. The maximum absolute atomic E-state index is 10.2. The summed E-state index contributed by atoms with van der Waals surface area (Å²) in [5.41, 5.74) is 4.42. The first kappa shape index (κ1) is 13.7. The van der Waals surface area contributed by atoms with E-state index >= 15 is 0 Å². The Labute approximate surface area is 122 Å². The van der Waals surface area contributed by atoms with E-state index in [4.69, 9.17) is 0 Å². The third-order valence-corrected chi connectivity index (χ3v) is 3.74. The predicted octanol–water partition coefficient (Wildman–Crippen LogP) is 1.01. The largest absolute Gasteiger partial charge is 0.389 e. The van der Waals surface area contributed by atoms with Gasteiger partial charge in [-0.1, -0.05) is 0 Å². The van der Waals surface area contributed by atoms with Crippen LogP contribution in [0.5, 0.6) is 0 Å². The summed E-state index contributed by atoms with van der Waals surface area (Å²) in [6.45, 7) is 6.78. The number of hydrogen-bond acceptors (Lipinski definition) is 5. The fraction of sp³-hybridized carbons (Fsp3) is 0.429. The average molecular weight is 286 g/mol. The zero-order valence-electron chi connectivity index (χ0n) is 12.4. The van der Waals surface area contributed by atoms with E-state index in [2.05, 4.69) is 46.5 Å². The molecule has 21 heavy (non-hydrogen) atoms. The first-order valence-corrected chi connectivity index (χ1v) is 6.87. The minimum absolute atomic E-state index is 0.364. The van der Waals surface area contributed by atoms with Gasteiger partial charge in [-0.15, -0.1) is 5.10 Å². The third-order valence-electron chi connectivity index (χ3n) is 3.74. The number of rotatable bonds is 4. The van der Waals surface area contributed by atoms with Crippen LogP contribution < -0.4 is 0 Å². The molecule has 1 N–H and O–H groups in total. The molecule has 7 heteroatoms. The molecule has 2 aromatic heterocycles. The van der Waals surface area contributed by atoms with Crippen molar-refractivity contribution in [1.29, 1.82) is 0 Å². The Balaban J connectivity index is 1.81. The molecule has 2 heterocycles. The fourth-order valence-corrected chi connectivity index (χ4v) is 2.36. The summed E-state index contributed by atoms with van der Waals surface area (Å²) in [4.78, 5) is 4.39. The predicted molar refractivity (Wildman–Crippen MR) is 77.8 cm³/mol. The van der Waals surface area contributed by atoms with Gasteiger partial charge in [0.1, 0.15) is 5.82 Å². The van der Waals surface area contributed by atoms with Crippen molar-refractivity contribution in [2.24, 2.45) is 0 Å². The summed E-state index contributed by atoms with van der Waals surface area (Å²) < 4.78 is 3.56. The molecule has 1 aromatic carbocycles. The Hall–Kier alpha value is -2.28. The van der Waals surface area contributed by atoms with Crippen molar-refractivity contribution < 1.29 is 5.11 Å². The first-order valence-electron chi connectivity index (χ1n) is 6.87. The van der Waals surface area contributed by atoms with E-state index in [0.29, 0.717) is 18.9 Å². The van der Waals surface area contributed by atoms with Crippen LogP contribution in [-0.2, 0) is 13.1 Å². The molecule has 1 atom stereocenters. The van der Waals surface area contributed by atoms with Crippen LogP contribution in [0.3, 0.4) is 0 Å².